The van der Waals surface area contributed by atoms with Crippen LogP contribution < -0.4 is 0 Å². The lowest BCUT2D eigenvalue weighted by atomic mass is 10.3. The summed E-state index contributed by atoms with van der Waals surface area (Å²) in [5.41, 5.74) is 0. The Kier molecular flexibility index (Phi) is 3.29. The fourth-order valence-corrected chi connectivity index (χ4v) is 2.29. The third-order valence-corrected chi connectivity index (χ3v) is 4.07. The second kappa shape index (κ2) is 3.88. The van der Waals surface area contributed by atoms with Crippen molar-refractivity contribution in [3.63, 3.8) is 0 Å². The highest BCUT2D eigenvalue weighted by atomic mass is 31.2. The minimum Gasteiger partial charge on any atom is -0.392 e. The average molecular weight is 194 g/mol. The van der Waals surface area contributed by atoms with E-state index < -0.39 is 13.7 Å². The first-order valence-corrected chi connectivity index (χ1v) is 5.72. The van der Waals surface area contributed by atoms with Crippen LogP contribution in [0.5, 0.6) is 0 Å². The topological polar surface area (TPSA) is 55.8 Å². The monoisotopic (exact) mass is 194 g/mol. The van der Waals surface area contributed by atoms with Gasteiger partial charge in [-0.15, -0.1) is 0 Å². The van der Waals surface area contributed by atoms with Gasteiger partial charge in [-0.1, -0.05) is 0 Å². The third-order valence-electron chi connectivity index (χ3n) is 2.13. The van der Waals surface area contributed by atoms with Crippen LogP contribution in [0.25, 0.3) is 0 Å². The maximum atomic E-state index is 11.5. The standard InChI is InChI=1S/C7H15O4P/c1-10-12(9,11-2)5-7(8)6-3-4-6/h6-8H,3-5H2,1-2H3. The SMILES string of the molecule is COP(=O)(CC(O)C1CC1)OC. The van der Waals surface area contributed by atoms with E-state index in [4.69, 9.17) is 9.05 Å². The minimum atomic E-state index is -3.00. The highest BCUT2D eigenvalue weighted by Crippen LogP contribution is 2.49. The zero-order valence-corrected chi connectivity index (χ0v) is 8.29. The molecule has 1 unspecified atom stereocenters. The van der Waals surface area contributed by atoms with Crippen molar-refractivity contribution in [2.24, 2.45) is 5.92 Å². The molecule has 0 aromatic heterocycles. The van der Waals surface area contributed by atoms with Crippen LogP contribution in [0.15, 0.2) is 0 Å². The van der Waals surface area contributed by atoms with Crippen LogP contribution in [0.3, 0.4) is 0 Å². The largest absolute Gasteiger partial charge is 0.392 e. The summed E-state index contributed by atoms with van der Waals surface area (Å²) in [6.45, 7) is 0. The molecule has 1 fully saturated rings. The van der Waals surface area contributed by atoms with Gasteiger partial charge >= 0.3 is 7.60 Å². The number of rotatable bonds is 5. The Morgan fingerprint density at radius 2 is 2.00 bits per heavy atom. The molecule has 1 aliphatic carbocycles. The molecule has 1 N–H and O–H groups in total. The van der Waals surface area contributed by atoms with Crippen molar-refractivity contribution in [1.29, 1.82) is 0 Å². The zero-order valence-electron chi connectivity index (χ0n) is 7.40. The van der Waals surface area contributed by atoms with Crippen LogP contribution in [0.4, 0.5) is 0 Å². The van der Waals surface area contributed by atoms with Crippen molar-refractivity contribution in [2.75, 3.05) is 20.4 Å². The first-order valence-electron chi connectivity index (χ1n) is 4.00. The van der Waals surface area contributed by atoms with E-state index in [1.807, 2.05) is 0 Å². The Balaban J connectivity index is 2.40. The van der Waals surface area contributed by atoms with Gasteiger partial charge in [-0.25, -0.2) is 0 Å². The van der Waals surface area contributed by atoms with E-state index in [1.54, 1.807) is 0 Å². The summed E-state index contributed by atoms with van der Waals surface area (Å²) in [4.78, 5) is 0. The van der Waals surface area contributed by atoms with E-state index in [0.29, 0.717) is 5.92 Å². The second-order valence-electron chi connectivity index (χ2n) is 3.06. The molecule has 0 radical (unpaired) electrons. The predicted octanol–water partition coefficient (Wildman–Crippen LogP) is 1.24. The third kappa shape index (κ3) is 2.56. The van der Waals surface area contributed by atoms with Crippen LogP contribution in [0.1, 0.15) is 12.8 Å². The summed E-state index contributed by atoms with van der Waals surface area (Å²) in [6, 6.07) is 0. The second-order valence-corrected chi connectivity index (χ2v) is 5.38. The first-order chi connectivity index (χ1) is 5.61. The van der Waals surface area contributed by atoms with Crippen LogP contribution in [-0.4, -0.2) is 31.6 Å². The van der Waals surface area contributed by atoms with Gasteiger partial charge in [0.15, 0.2) is 0 Å². The van der Waals surface area contributed by atoms with E-state index in [1.165, 1.54) is 14.2 Å². The minimum absolute atomic E-state index is 0.116. The molecule has 72 valence electrons. The molecule has 1 saturated carbocycles. The highest BCUT2D eigenvalue weighted by molar-refractivity contribution is 7.53. The summed E-state index contributed by atoms with van der Waals surface area (Å²) >= 11 is 0. The van der Waals surface area contributed by atoms with Crippen molar-refractivity contribution >= 4 is 7.60 Å². The smallest absolute Gasteiger partial charge is 0.332 e. The van der Waals surface area contributed by atoms with E-state index in [2.05, 4.69) is 0 Å². The summed E-state index contributed by atoms with van der Waals surface area (Å²) in [5.74, 6) is 0.309. The normalized spacial score (nSPS) is 20.9. The zero-order chi connectivity index (χ0) is 9.19. The first kappa shape index (κ1) is 10.2. The molecule has 0 bridgehead atoms. The van der Waals surface area contributed by atoms with Crippen molar-refractivity contribution in [3.05, 3.63) is 0 Å². The Labute approximate surface area is 72.4 Å². The van der Waals surface area contributed by atoms with E-state index in [0.717, 1.165) is 12.8 Å². The Hall–Kier alpha value is 0.110. The van der Waals surface area contributed by atoms with Crippen LogP contribution >= 0.6 is 7.60 Å². The maximum absolute atomic E-state index is 11.5. The molecule has 1 rings (SSSR count). The molecule has 0 heterocycles. The van der Waals surface area contributed by atoms with Gasteiger partial charge in [-0.05, 0) is 18.8 Å². The molecule has 5 heteroatoms. The molecule has 0 aromatic rings. The molecule has 0 aliphatic heterocycles. The van der Waals surface area contributed by atoms with Gasteiger partial charge in [0.05, 0.1) is 12.3 Å². The van der Waals surface area contributed by atoms with E-state index in [9.17, 15) is 9.67 Å². The van der Waals surface area contributed by atoms with E-state index >= 15 is 0 Å². The fraction of sp³-hybridized carbons (Fsp3) is 1.00. The van der Waals surface area contributed by atoms with Crippen LogP contribution in [0.2, 0.25) is 0 Å². The Morgan fingerprint density at radius 3 is 2.33 bits per heavy atom. The lowest BCUT2D eigenvalue weighted by Gasteiger charge is -2.16. The highest BCUT2D eigenvalue weighted by Gasteiger charge is 2.35. The van der Waals surface area contributed by atoms with Crippen molar-refractivity contribution in [2.45, 2.75) is 18.9 Å². The molecular weight excluding hydrogens is 179 g/mol. The van der Waals surface area contributed by atoms with Gasteiger partial charge in [-0.2, -0.15) is 0 Å². The van der Waals surface area contributed by atoms with Gasteiger partial charge in [0.1, 0.15) is 0 Å². The number of hydrogen-bond acceptors (Lipinski definition) is 4. The van der Waals surface area contributed by atoms with Crippen LogP contribution in [-0.2, 0) is 13.6 Å². The Bertz CT molecular complexity index is 182. The van der Waals surface area contributed by atoms with Crippen molar-refractivity contribution in [1.82, 2.24) is 0 Å². The summed E-state index contributed by atoms with van der Waals surface area (Å²) in [6.07, 6.45) is 1.63. The lowest BCUT2D eigenvalue weighted by molar-refractivity contribution is 0.160. The summed E-state index contributed by atoms with van der Waals surface area (Å²) in [5, 5.41) is 9.45. The van der Waals surface area contributed by atoms with E-state index in [-0.39, 0.29) is 6.16 Å². The van der Waals surface area contributed by atoms with Gasteiger partial charge in [0, 0.05) is 14.2 Å². The molecule has 0 saturated heterocycles. The molecule has 1 atom stereocenters. The molecule has 0 aromatic carbocycles. The van der Waals surface area contributed by atoms with Gasteiger partial charge < -0.3 is 14.2 Å². The molecule has 12 heavy (non-hydrogen) atoms. The molecule has 0 spiro atoms. The number of aliphatic hydroxyl groups is 1. The molecule has 1 aliphatic rings. The summed E-state index contributed by atoms with van der Waals surface area (Å²) < 4.78 is 20.9. The van der Waals surface area contributed by atoms with Crippen molar-refractivity contribution in [3.8, 4) is 0 Å². The van der Waals surface area contributed by atoms with Gasteiger partial charge in [0.25, 0.3) is 0 Å². The molecule has 0 amide bonds. The molecular formula is C7H15O4P. The molecule has 4 nitrogen and oxygen atoms in total. The van der Waals surface area contributed by atoms with Gasteiger partial charge in [0.2, 0.25) is 0 Å². The summed E-state index contributed by atoms with van der Waals surface area (Å²) in [7, 11) is -0.327. The van der Waals surface area contributed by atoms with Gasteiger partial charge in [-0.3, -0.25) is 4.57 Å². The number of hydrogen-bond donors (Lipinski definition) is 1. The quantitative estimate of drug-likeness (QED) is 0.669. The number of aliphatic hydroxyl groups excluding tert-OH is 1. The maximum Gasteiger partial charge on any atom is 0.332 e. The average Bonchev–Trinajstić information content (AvgIpc) is 2.86. The van der Waals surface area contributed by atoms with Crippen molar-refractivity contribution < 1.29 is 18.7 Å². The Morgan fingerprint density at radius 1 is 1.50 bits per heavy atom. The van der Waals surface area contributed by atoms with Crippen LogP contribution in [0, 0.1) is 5.92 Å². The fourth-order valence-electron chi connectivity index (χ4n) is 1.08. The lowest BCUT2D eigenvalue weighted by Crippen LogP contribution is -2.16. The predicted molar refractivity (Wildman–Crippen MR) is 45.2 cm³/mol.